The van der Waals surface area contributed by atoms with E-state index in [0.29, 0.717) is 0 Å². The van der Waals surface area contributed by atoms with Crippen molar-refractivity contribution in [1.29, 1.82) is 0 Å². The van der Waals surface area contributed by atoms with E-state index in [4.69, 9.17) is 10.2 Å². The van der Waals surface area contributed by atoms with E-state index < -0.39 is 11.5 Å². The second-order valence-corrected chi connectivity index (χ2v) is 1.65. The first-order chi connectivity index (χ1) is 4.72. The van der Waals surface area contributed by atoms with Crippen molar-refractivity contribution in [3.05, 3.63) is 22.7 Å². The topological polar surface area (TPSA) is 74.6 Å². The summed E-state index contributed by atoms with van der Waals surface area (Å²) in [5.41, 5.74) is -0.625. The second kappa shape index (κ2) is 5.81. The Kier molecular flexibility index (Phi) is 7.14. The van der Waals surface area contributed by atoms with Crippen LogP contribution in [0.25, 0.3) is 0 Å². The van der Waals surface area contributed by atoms with Gasteiger partial charge in [-0.3, -0.25) is 0 Å². The van der Waals surface area contributed by atoms with Gasteiger partial charge in [-0.15, -0.1) is 0 Å². The van der Waals surface area contributed by atoms with E-state index in [2.05, 4.69) is 0 Å². The molecule has 0 heterocycles. The largest absolute Gasteiger partial charge is 0.503 e. The van der Waals surface area contributed by atoms with Crippen LogP contribution in [0.5, 0.6) is 0 Å². The Hall–Kier alpha value is 0.240. The molecule has 2 radical (unpaired) electrons. The van der Waals surface area contributed by atoms with E-state index in [0.717, 1.165) is 0 Å². The molecule has 1 rings (SSSR count). The van der Waals surface area contributed by atoms with Gasteiger partial charge in [-0.25, -0.2) is 9.59 Å². The molecule has 0 aromatic rings. The van der Waals surface area contributed by atoms with Crippen molar-refractivity contribution in [3.63, 3.8) is 0 Å². The number of carbonyl (C=O) groups excluding carboxylic acids is 2. The molecule has 0 atom stereocenters. The van der Waals surface area contributed by atoms with Crippen molar-refractivity contribution >= 4 is 71.0 Å². The molecule has 0 aliphatic heterocycles. The van der Waals surface area contributed by atoms with Gasteiger partial charge in [0.1, 0.15) is 23.0 Å². The van der Waals surface area contributed by atoms with Crippen LogP contribution in [0.4, 0.5) is 0 Å². The Morgan fingerprint density at radius 1 is 0.833 bits per heavy atom. The number of rotatable bonds is 0. The van der Waals surface area contributed by atoms with Gasteiger partial charge in [0.2, 0.25) is 0 Å². The van der Waals surface area contributed by atoms with Crippen LogP contribution < -0.4 is 0 Å². The first-order valence-corrected chi connectivity index (χ1v) is 2.36. The fourth-order valence-corrected chi connectivity index (χ4v) is 0.610. The Labute approximate surface area is 112 Å². The molecule has 0 bridgehead atoms. The normalized spacial score (nSPS) is 13.3. The summed E-state index contributed by atoms with van der Waals surface area (Å²) in [5, 5.41) is 17.2. The molecule has 0 amide bonds. The molecule has 2 N–H and O–H groups in total. The molecule has 0 spiro atoms. The maximum absolute atomic E-state index is 9.85. The van der Waals surface area contributed by atoms with Crippen LogP contribution in [0.3, 0.4) is 0 Å². The third-order valence-corrected chi connectivity index (χ3v) is 1.15. The summed E-state index contributed by atoms with van der Waals surface area (Å²) in [4.78, 5) is 19.7. The second-order valence-electron chi connectivity index (χ2n) is 1.65. The Morgan fingerprint density at radius 3 is 1.25 bits per heavy atom. The molecule has 0 unspecified atom stereocenters. The van der Waals surface area contributed by atoms with Crippen molar-refractivity contribution in [2.24, 2.45) is 0 Å². The van der Waals surface area contributed by atoms with Crippen molar-refractivity contribution in [3.8, 4) is 0 Å². The van der Waals surface area contributed by atoms with E-state index in [1.807, 2.05) is 0 Å². The summed E-state index contributed by atoms with van der Waals surface area (Å²) in [6, 6.07) is 0. The third-order valence-electron chi connectivity index (χ3n) is 1.15. The minimum Gasteiger partial charge on any atom is -0.503 e. The van der Waals surface area contributed by atoms with Crippen molar-refractivity contribution < 1.29 is 19.8 Å². The fraction of sp³-hybridized carbons (Fsp3) is 0. The number of aliphatic hydroxyl groups excluding tert-OH is 2. The van der Waals surface area contributed by atoms with Crippen molar-refractivity contribution in [1.82, 2.24) is 0 Å². The maximum atomic E-state index is 9.85. The first-order valence-electron chi connectivity index (χ1n) is 2.36. The molecule has 1 aliphatic rings. The van der Waals surface area contributed by atoms with Gasteiger partial charge in [0.05, 0.1) is 0 Å². The average Bonchev–Trinajstić information content (AvgIpc) is 1.97. The van der Waals surface area contributed by atoms with E-state index in [1.165, 1.54) is 11.9 Å². The van der Waals surface area contributed by atoms with Gasteiger partial charge in [-0.2, -0.15) is 0 Å². The van der Waals surface area contributed by atoms with Crippen LogP contribution in [0.1, 0.15) is 0 Å². The number of hydrogen-bond acceptors (Lipinski definition) is 4. The average molecular weight is 184 g/mol. The summed E-state index contributed by atoms with van der Waals surface area (Å²) in [7, 11) is 0. The molecule has 0 saturated carbocycles. The zero-order valence-corrected chi connectivity index (χ0v) is 10.7. The summed E-state index contributed by atoms with van der Waals surface area (Å²) in [5.74, 6) is 1.38. The van der Waals surface area contributed by atoms with Gasteiger partial charge in [-0.05, 0) is 0 Å². The number of aliphatic hydroxyl groups is 2. The number of allylic oxidation sites excluding steroid dienone is 2. The maximum Gasteiger partial charge on any atom is 0.179 e. The third kappa shape index (κ3) is 2.13. The van der Waals surface area contributed by atoms with Gasteiger partial charge >= 0.3 is 0 Å². The zero-order valence-electron chi connectivity index (χ0n) is 6.71. The molecule has 0 aromatic heterocycles. The molecular formula is C6H2Na2O4. The molecule has 52 valence electrons. The minimum absolute atomic E-state index is 0. The summed E-state index contributed by atoms with van der Waals surface area (Å²) < 4.78 is 0. The molecule has 4 nitrogen and oxygen atoms in total. The molecule has 12 heavy (non-hydrogen) atoms. The Morgan fingerprint density at radius 2 is 1.08 bits per heavy atom. The van der Waals surface area contributed by atoms with Crippen LogP contribution in [-0.2, 0) is 9.59 Å². The molecule has 0 aromatic carbocycles. The summed E-state index contributed by atoms with van der Waals surface area (Å²) in [6.07, 6.45) is 0. The molecule has 6 heteroatoms. The van der Waals surface area contributed by atoms with Gasteiger partial charge < -0.3 is 10.2 Å². The standard InChI is InChI=1S/C6H2O4.2Na/c7-1-3-4(2-8)6(10)5(3)9;;/h9-10H;;. The van der Waals surface area contributed by atoms with E-state index in [1.54, 1.807) is 0 Å². The van der Waals surface area contributed by atoms with Crippen LogP contribution >= 0.6 is 0 Å². The van der Waals surface area contributed by atoms with Crippen LogP contribution in [0.15, 0.2) is 22.7 Å². The van der Waals surface area contributed by atoms with Crippen molar-refractivity contribution in [2.45, 2.75) is 0 Å². The summed E-state index contributed by atoms with van der Waals surface area (Å²) >= 11 is 0. The molecule has 0 fully saturated rings. The van der Waals surface area contributed by atoms with Crippen LogP contribution in [0.2, 0.25) is 0 Å². The van der Waals surface area contributed by atoms with Crippen molar-refractivity contribution in [2.75, 3.05) is 0 Å². The quantitative estimate of drug-likeness (QED) is 0.377. The van der Waals surface area contributed by atoms with E-state index >= 15 is 0 Å². The van der Waals surface area contributed by atoms with Gasteiger partial charge in [0.15, 0.2) is 11.5 Å². The SMILES string of the molecule is O=C=C1C(=C=O)C(O)=C1O.[Na].[Na]. The van der Waals surface area contributed by atoms with Crippen LogP contribution in [0, 0.1) is 0 Å². The number of hydrogen-bond donors (Lipinski definition) is 2. The van der Waals surface area contributed by atoms with Crippen LogP contribution in [-0.4, -0.2) is 81.2 Å². The Bertz CT molecular complexity index is 286. The van der Waals surface area contributed by atoms with E-state index in [-0.39, 0.29) is 70.3 Å². The minimum atomic E-state index is -0.589. The monoisotopic (exact) mass is 184 g/mol. The zero-order chi connectivity index (χ0) is 7.72. The van der Waals surface area contributed by atoms with Gasteiger partial charge in [0.25, 0.3) is 0 Å². The first kappa shape index (κ1) is 14.7. The predicted molar refractivity (Wildman–Crippen MR) is 42.2 cm³/mol. The molecule has 0 saturated heterocycles. The van der Waals surface area contributed by atoms with E-state index in [9.17, 15) is 9.59 Å². The summed E-state index contributed by atoms with van der Waals surface area (Å²) in [6.45, 7) is 0. The smallest absolute Gasteiger partial charge is 0.179 e. The molecule has 1 aliphatic carbocycles. The fourth-order valence-electron chi connectivity index (χ4n) is 0.610. The van der Waals surface area contributed by atoms with Gasteiger partial charge in [-0.1, -0.05) is 0 Å². The van der Waals surface area contributed by atoms with Gasteiger partial charge in [0, 0.05) is 59.1 Å². The predicted octanol–water partition coefficient (Wildman–Crippen LogP) is -0.918. The Balaban J connectivity index is 0. The molecular weight excluding hydrogens is 182 g/mol.